The third kappa shape index (κ3) is 2.61. The molecule has 2 N–H and O–H groups in total. The highest BCUT2D eigenvalue weighted by atomic mass is 16.5. The third-order valence-corrected chi connectivity index (χ3v) is 4.38. The molecule has 0 saturated heterocycles. The second-order valence-corrected chi connectivity index (χ2v) is 5.51. The van der Waals surface area contributed by atoms with E-state index in [0.717, 1.165) is 19.3 Å². The molecule has 0 unspecified atom stereocenters. The van der Waals surface area contributed by atoms with E-state index in [0.29, 0.717) is 24.2 Å². The molecular weight excluding hydrogens is 288 g/mol. The van der Waals surface area contributed by atoms with E-state index in [1.54, 1.807) is 0 Å². The van der Waals surface area contributed by atoms with Crippen molar-refractivity contribution in [3.05, 3.63) is 23.3 Å². The van der Waals surface area contributed by atoms with E-state index in [2.05, 4.69) is 0 Å². The quantitative estimate of drug-likeness (QED) is 0.868. The average Bonchev–Trinajstić information content (AvgIpc) is 2.53. The van der Waals surface area contributed by atoms with Crippen molar-refractivity contribution in [1.29, 1.82) is 0 Å². The van der Waals surface area contributed by atoms with Crippen LogP contribution in [0.1, 0.15) is 48.0 Å². The second-order valence-electron chi connectivity index (χ2n) is 5.51. The van der Waals surface area contributed by atoms with Crippen LogP contribution in [0.15, 0.2) is 12.1 Å². The predicted molar refractivity (Wildman–Crippen MR) is 78.9 cm³/mol. The summed E-state index contributed by atoms with van der Waals surface area (Å²) < 4.78 is 10.4. The molecule has 1 saturated carbocycles. The fourth-order valence-corrected chi connectivity index (χ4v) is 3.19. The zero-order valence-corrected chi connectivity index (χ0v) is 12.7. The van der Waals surface area contributed by atoms with Gasteiger partial charge in [-0.25, -0.2) is 4.79 Å². The lowest BCUT2D eigenvalue weighted by Gasteiger charge is -2.35. The van der Waals surface area contributed by atoms with Crippen molar-refractivity contribution < 1.29 is 29.3 Å². The Balaban J connectivity index is 2.68. The second kappa shape index (κ2) is 6.25. The molecule has 120 valence electrons. The van der Waals surface area contributed by atoms with Crippen LogP contribution in [0.4, 0.5) is 0 Å². The van der Waals surface area contributed by atoms with Gasteiger partial charge in [0.1, 0.15) is 17.1 Å². The molecule has 0 atom stereocenters. The largest absolute Gasteiger partial charge is 0.496 e. The van der Waals surface area contributed by atoms with Crippen LogP contribution >= 0.6 is 0 Å². The van der Waals surface area contributed by atoms with Crippen LogP contribution in [0, 0.1) is 0 Å². The highest BCUT2D eigenvalue weighted by Gasteiger charge is 2.44. The Bertz CT molecular complexity index is 587. The zero-order chi connectivity index (χ0) is 16.3. The van der Waals surface area contributed by atoms with Gasteiger partial charge in [-0.15, -0.1) is 0 Å². The molecule has 0 heterocycles. The normalized spacial score (nSPS) is 16.8. The summed E-state index contributed by atoms with van der Waals surface area (Å²) in [4.78, 5) is 23.4. The number of carboxylic acid groups (broad SMARTS) is 2. The molecule has 6 nitrogen and oxygen atoms in total. The van der Waals surface area contributed by atoms with E-state index >= 15 is 0 Å². The number of ether oxygens (including phenoxy) is 2. The first-order valence-corrected chi connectivity index (χ1v) is 7.19. The number of aromatic carboxylic acids is 1. The standard InChI is InChI=1S/C16H20O6/c1-21-12-9-13(22-2)11(8-10(12)14(17)18)16(15(19)20)6-4-3-5-7-16/h8-9H,3-7H2,1-2H3,(H,17,18)(H,19,20). The Morgan fingerprint density at radius 1 is 1.00 bits per heavy atom. The molecule has 1 aromatic carbocycles. The highest BCUT2D eigenvalue weighted by Crippen LogP contribution is 2.45. The minimum absolute atomic E-state index is 0.0514. The minimum atomic E-state index is -1.16. The van der Waals surface area contributed by atoms with Gasteiger partial charge in [0.25, 0.3) is 0 Å². The number of hydrogen-bond donors (Lipinski definition) is 2. The monoisotopic (exact) mass is 308 g/mol. The van der Waals surface area contributed by atoms with E-state index in [1.165, 1.54) is 26.4 Å². The molecule has 6 heteroatoms. The van der Waals surface area contributed by atoms with Gasteiger partial charge in [-0.2, -0.15) is 0 Å². The Labute approximate surface area is 128 Å². The van der Waals surface area contributed by atoms with Crippen LogP contribution < -0.4 is 9.47 Å². The lowest BCUT2D eigenvalue weighted by molar-refractivity contribution is -0.145. The summed E-state index contributed by atoms with van der Waals surface area (Å²) in [6.07, 6.45) is 3.53. The molecule has 1 fully saturated rings. The fraction of sp³-hybridized carbons (Fsp3) is 0.500. The van der Waals surface area contributed by atoms with E-state index in [9.17, 15) is 19.8 Å². The number of methoxy groups -OCH3 is 2. The lowest BCUT2D eigenvalue weighted by Crippen LogP contribution is -2.38. The first-order valence-electron chi connectivity index (χ1n) is 7.19. The van der Waals surface area contributed by atoms with Gasteiger partial charge in [0.05, 0.1) is 19.6 Å². The highest BCUT2D eigenvalue weighted by molar-refractivity contribution is 5.93. The van der Waals surface area contributed by atoms with Gasteiger partial charge in [0.2, 0.25) is 0 Å². The van der Waals surface area contributed by atoms with Crippen molar-refractivity contribution in [2.75, 3.05) is 14.2 Å². The summed E-state index contributed by atoms with van der Waals surface area (Å²) in [5, 5.41) is 19.1. The van der Waals surface area contributed by atoms with Gasteiger partial charge in [-0.1, -0.05) is 19.3 Å². The molecule has 0 aromatic heterocycles. The number of rotatable bonds is 5. The molecule has 22 heavy (non-hydrogen) atoms. The summed E-state index contributed by atoms with van der Waals surface area (Å²) in [6, 6.07) is 2.84. The smallest absolute Gasteiger partial charge is 0.339 e. The summed E-state index contributed by atoms with van der Waals surface area (Å²) in [5.41, 5.74) is -0.732. The Morgan fingerprint density at radius 3 is 2.05 bits per heavy atom. The summed E-state index contributed by atoms with van der Waals surface area (Å²) in [5.74, 6) is -1.58. The first-order chi connectivity index (χ1) is 10.5. The maximum atomic E-state index is 11.9. The minimum Gasteiger partial charge on any atom is -0.496 e. The Kier molecular flexibility index (Phi) is 4.59. The van der Waals surface area contributed by atoms with Crippen LogP contribution in [0.2, 0.25) is 0 Å². The SMILES string of the molecule is COc1cc(OC)c(C2(C(=O)O)CCCCC2)cc1C(=O)O. The molecule has 2 rings (SSSR count). The maximum Gasteiger partial charge on any atom is 0.339 e. The lowest BCUT2D eigenvalue weighted by atomic mass is 9.69. The number of benzene rings is 1. The van der Waals surface area contributed by atoms with Gasteiger partial charge in [-0.05, 0) is 18.9 Å². The Morgan fingerprint density at radius 2 is 1.59 bits per heavy atom. The van der Waals surface area contributed by atoms with Gasteiger partial charge in [-0.3, -0.25) is 4.79 Å². The number of hydrogen-bond acceptors (Lipinski definition) is 4. The molecule has 0 radical (unpaired) electrons. The van der Waals surface area contributed by atoms with Gasteiger partial charge >= 0.3 is 11.9 Å². The summed E-state index contributed by atoms with van der Waals surface area (Å²) in [6.45, 7) is 0. The number of aliphatic carboxylic acids is 1. The molecule has 1 aliphatic carbocycles. The molecular formula is C16H20O6. The fourth-order valence-electron chi connectivity index (χ4n) is 3.19. The topological polar surface area (TPSA) is 93.1 Å². The van der Waals surface area contributed by atoms with Crippen LogP contribution in [-0.2, 0) is 10.2 Å². The van der Waals surface area contributed by atoms with E-state index in [1.807, 2.05) is 0 Å². The number of carboxylic acids is 2. The van der Waals surface area contributed by atoms with E-state index in [4.69, 9.17) is 9.47 Å². The van der Waals surface area contributed by atoms with Crippen molar-refractivity contribution >= 4 is 11.9 Å². The molecule has 0 aliphatic heterocycles. The van der Waals surface area contributed by atoms with Crippen LogP contribution in [0.25, 0.3) is 0 Å². The van der Waals surface area contributed by atoms with Gasteiger partial charge in [0.15, 0.2) is 0 Å². The van der Waals surface area contributed by atoms with Gasteiger partial charge in [0, 0.05) is 11.6 Å². The summed E-state index contributed by atoms with van der Waals surface area (Å²) in [7, 11) is 2.81. The van der Waals surface area contributed by atoms with Crippen molar-refractivity contribution in [3.63, 3.8) is 0 Å². The third-order valence-electron chi connectivity index (χ3n) is 4.38. The van der Waals surface area contributed by atoms with Crippen LogP contribution in [0.5, 0.6) is 11.5 Å². The van der Waals surface area contributed by atoms with Gasteiger partial charge < -0.3 is 19.7 Å². The van der Waals surface area contributed by atoms with Crippen molar-refractivity contribution in [2.24, 2.45) is 0 Å². The van der Waals surface area contributed by atoms with Crippen LogP contribution in [0.3, 0.4) is 0 Å². The number of carbonyl (C=O) groups is 2. The van der Waals surface area contributed by atoms with E-state index < -0.39 is 17.4 Å². The van der Waals surface area contributed by atoms with Crippen molar-refractivity contribution in [3.8, 4) is 11.5 Å². The Hall–Kier alpha value is -2.24. The molecule has 1 aromatic rings. The molecule has 0 bridgehead atoms. The summed E-state index contributed by atoms with van der Waals surface area (Å²) >= 11 is 0. The van der Waals surface area contributed by atoms with E-state index in [-0.39, 0.29) is 11.3 Å². The van der Waals surface area contributed by atoms with Crippen molar-refractivity contribution in [2.45, 2.75) is 37.5 Å². The molecule has 0 amide bonds. The maximum absolute atomic E-state index is 11.9. The predicted octanol–water partition coefficient (Wildman–Crippen LogP) is 2.69. The van der Waals surface area contributed by atoms with Crippen molar-refractivity contribution in [1.82, 2.24) is 0 Å². The van der Waals surface area contributed by atoms with Crippen LogP contribution in [-0.4, -0.2) is 36.4 Å². The zero-order valence-electron chi connectivity index (χ0n) is 12.7. The molecule has 0 spiro atoms. The average molecular weight is 308 g/mol. The molecule has 1 aliphatic rings. The first kappa shape index (κ1) is 16.1.